The Morgan fingerprint density at radius 2 is 2.57 bits per heavy atom. The van der Waals surface area contributed by atoms with Crippen LogP contribution in [0.5, 0.6) is 0 Å². The van der Waals surface area contributed by atoms with Gasteiger partial charge in [-0.2, -0.15) is 0 Å². The molecule has 0 aliphatic carbocycles. The van der Waals surface area contributed by atoms with Crippen LogP contribution in [0.4, 0.5) is 0 Å². The van der Waals surface area contributed by atoms with Crippen LogP contribution in [-0.4, -0.2) is 5.91 Å². The van der Waals surface area contributed by atoms with Gasteiger partial charge in [-0.1, -0.05) is 6.58 Å². The van der Waals surface area contributed by atoms with Crippen molar-refractivity contribution in [2.45, 2.75) is 6.42 Å². The summed E-state index contributed by atoms with van der Waals surface area (Å²) in [6, 6.07) is 0. The number of hydrogen-bond donors (Lipinski definition) is 1. The van der Waals surface area contributed by atoms with E-state index in [1.165, 1.54) is 6.08 Å². The van der Waals surface area contributed by atoms with Crippen molar-refractivity contribution in [1.82, 2.24) is 0 Å². The summed E-state index contributed by atoms with van der Waals surface area (Å²) in [5.41, 5.74) is 7.16. The largest absolute Gasteiger partial charge is 0.369 e. The van der Waals surface area contributed by atoms with Crippen LogP contribution in [-0.2, 0) is 4.79 Å². The minimum atomic E-state index is -0.351. The van der Waals surface area contributed by atoms with E-state index in [1.54, 1.807) is 0 Å². The monoisotopic (exact) mass is 97.1 g/mol. The highest BCUT2D eigenvalue weighted by molar-refractivity contribution is 5.75. The Hall–Kier alpha value is -1.01. The summed E-state index contributed by atoms with van der Waals surface area (Å²) in [4.78, 5) is 9.88. The quantitative estimate of drug-likeness (QED) is 0.491. The Bertz CT molecular complexity index is 111. The van der Waals surface area contributed by atoms with Gasteiger partial charge in [-0.15, -0.1) is 5.73 Å². The zero-order valence-corrected chi connectivity index (χ0v) is 3.98. The minimum absolute atomic E-state index is 0.240. The maximum absolute atomic E-state index is 9.88. The van der Waals surface area contributed by atoms with E-state index in [9.17, 15) is 4.79 Å². The minimum Gasteiger partial charge on any atom is -0.369 e. The first-order valence-electron chi connectivity index (χ1n) is 1.90. The maximum Gasteiger partial charge on any atom is 0.221 e. The second kappa shape index (κ2) is 3.19. The highest BCUT2D eigenvalue weighted by atomic mass is 16.1. The smallest absolute Gasteiger partial charge is 0.221 e. The molecule has 0 aromatic carbocycles. The van der Waals surface area contributed by atoms with Crippen molar-refractivity contribution in [3.8, 4) is 0 Å². The number of rotatable bonds is 2. The summed E-state index contributed by atoms with van der Waals surface area (Å²) in [5, 5.41) is 0. The van der Waals surface area contributed by atoms with Gasteiger partial charge in [0, 0.05) is 0 Å². The van der Waals surface area contributed by atoms with Crippen LogP contribution >= 0.6 is 0 Å². The summed E-state index contributed by atoms with van der Waals surface area (Å²) in [5.74, 6) is -0.351. The van der Waals surface area contributed by atoms with E-state index in [2.05, 4.69) is 12.3 Å². The molecule has 0 rings (SSSR count). The van der Waals surface area contributed by atoms with Gasteiger partial charge in [-0.05, 0) is 6.08 Å². The molecular formula is C5H7NO. The molecule has 2 heteroatoms. The van der Waals surface area contributed by atoms with E-state index in [0.29, 0.717) is 0 Å². The van der Waals surface area contributed by atoms with Crippen molar-refractivity contribution < 1.29 is 4.79 Å². The van der Waals surface area contributed by atoms with Gasteiger partial charge in [0.1, 0.15) is 0 Å². The standard InChI is InChI=1S/C5H7NO/c1-2-3-4-5(6)7/h3H,1,4H2,(H2,6,7). The Balaban J connectivity index is 3.32. The van der Waals surface area contributed by atoms with Crippen LogP contribution in [0, 0.1) is 0 Å². The molecule has 7 heavy (non-hydrogen) atoms. The van der Waals surface area contributed by atoms with Crippen molar-refractivity contribution in [2.75, 3.05) is 0 Å². The third-order valence-corrected chi connectivity index (χ3v) is 0.448. The summed E-state index contributed by atoms with van der Waals surface area (Å²) in [7, 11) is 0. The van der Waals surface area contributed by atoms with Gasteiger partial charge in [-0.3, -0.25) is 4.79 Å². The van der Waals surface area contributed by atoms with E-state index in [0.717, 1.165) is 0 Å². The van der Waals surface area contributed by atoms with Gasteiger partial charge in [0.05, 0.1) is 6.42 Å². The number of carbonyl (C=O) groups is 1. The molecule has 0 heterocycles. The van der Waals surface area contributed by atoms with E-state index in [-0.39, 0.29) is 12.3 Å². The first-order valence-corrected chi connectivity index (χ1v) is 1.90. The molecule has 0 fully saturated rings. The Morgan fingerprint density at radius 1 is 2.00 bits per heavy atom. The fourth-order valence-corrected chi connectivity index (χ4v) is 0.173. The molecule has 2 nitrogen and oxygen atoms in total. The molecule has 0 saturated heterocycles. The number of primary amides is 1. The maximum atomic E-state index is 9.88. The molecule has 0 aromatic heterocycles. The Morgan fingerprint density at radius 3 is 2.71 bits per heavy atom. The van der Waals surface area contributed by atoms with Crippen molar-refractivity contribution in [2.24, 2.45) is 5.73 Å². The average molecular weight is 97.1 g/mol. The molecular weight excluding hydrogens is 90.1 g/mol. The number of nitrogens with two attached hydrogens (primary N) is 1. The lowest BCUT2D eigenvalue weighted by Gasteiger charge is -1.76. The van der Waals surface area contributed by atoms with Crippen LogP contribution in [0.25, 0.3) is 0 Å². The third-order valence-electron chi connectivity index (χ3n) is 0.448. The van der Waals surface area contributed by atoms with Gasteiger partial charge in [-0.25, -0.2) is 0 Å². The van der Waals surface area contributed by atoms with Crippen molar-refractivity contribution in [3.05, 3.63) is 18.4 Å². The summed E-state index contributed by atoms with van der Waals surface area (Å²) in [6.07, 6.45) is 1.73. The fraction of sp³-hybridized carbons (Fsp3) is 0.200. The molecule has 0 unspecified atom stereocenters. The molecule has 0 bridgehead atoms. The first-order chi connectivity index (χ1) is 3.27. The zero-order chi connectivity index (χ0) is 5.70. The van der Waals surface area contributed by atoms with Gasteiger partial charge in [0.15, 0.2) is 0 Å². The molecule has 0 radical (unpaired) electrons. The molecule has 2 N–H and O–H groups in total. The number of hydrogen-bond acceptors (Lipinski definition) is 1. The van der Waals surface area contributed by atoms with Crippen LogP contribution in [0.3, 0.4) is 0 Å². The SMILES string of the molecule is C=C=CCC(N)=O. The molecule has 1 amide bonds. The second-order valence-electron chi connectivity index (χ2n) is 1.08. The van der Waals surface area contributed by atoms with E-state index in [4.69, 9.17) is 5.73 Å². The highest BCUT2D eigenvalue weighted by Gasteiger charge is 1.82. The van der Waals surface area contributed by atoms with Crippen molar-refractivity contribution in [1.29, 1.82) is 0 Å². The zero-order valence-electron chi connectivity index (χ0n) is 3.98. The lowest BCUT2D eigenvalue weighted by molar-refractivity contribution is -0.117. The highest BCUT2D eigenvalue weighted by Crippen LogP contribution is 1.73. The lowest BCUT2D eigenvalue weighted by Crippen LogP contribution is -2.07. The molecule has 0 aliphatic rings. The first kappa shape index (κ1) is 5.99. The average Bonchev–Trinajstić information content (AvgIpc) is 1.61. The third kappa shape index (κ3) is 4.99. The van der Waals surface area contributed by atoms with Crippen LogP contribution in [0.1, 0.15) is 6.42 Å². The van der Waals surface area contributed by atoms with E-state index in [1.807, 2.05) is 0 Å². The predicted molar refractivity (Wildman–Crippen MR) is 27.5 cm³/mol. The second-order valence-corrected chi connectivity index (χ2v) is 1.08. The van der Waals surface area contributed by atoms with Gasteiger partial charge < -0.3 is 5.73 Å². The molecule has 0 saturated carbocycles. The van der Waals surface area contributed by atoms with Crippen LogP contribution in [0.15, 0.2) is 18.4 Å². The molecule has 0 spiro atoms. The van der Waals surface area contributed by atoms with Crippen LogP contribution < -0.4 is 5.73 Å². The number of carbonyl (C=O) groups excluding carboxylic acids is 1. The summed E-state index contributed by atoms with van der Waals surface area (Å²) >= 11 is 0. The van der Waals surface area contributed by atoms with Gasteiger partial charge in [0.25, 0.3) is 0 Å². The molecule has 0 aliphatic heterocycles. The molecule has 38 valence electrons. The summed E-state index contributed by atoms with van der Waals surface area (Å²) < 4.78 is 0. The number of amides is 1. The van der Waals surface area contributed by atoms with Crippen molar-refractivity contribution in [3.63, 3.8) is 0 Å². The summed E-state index contributed by atoms with van der Waals surface area (Å²) in [6.45, 7) is 3.24. The lowest BCUT2D eigenvalue weighted by atomic mass is 10.4. The topological polar surface area (TPSA) is 43.1 Å². The van der Waals surface area contributed by atoms with Gasteiger partial charge >= 0.3 is 0 Å². The van der Waals surface area contributed by atoms with Gasteiger partial charge in [0.2, 0.25) is 5.91 Å². The normalized spacial score (nSPS) is 6.86. The molecule has 0 atom stereocenters. The van der Waals surface area contributed by atoms with E-state index < -0.39 is 0 Å². The van der Waals surface area contributed by atoms with Crippen LogP contribution in [0.2, 0.25) is 0 Å². The fourth-order valence-electron chi connectivity index (χ4n) is 0.173. The molecule has 0 aromatic rings. The predicted octanol–water partition coefficient (Wildman–Crippen LogP) is 0.203. The Kier molecular flexibility index (Phi) is 2.73. The van der Waals surface area contributed by atoms with Crippen molar-refractivity contribution >= 4 is 5.91 Å². The Labute approximate surface area is 42.3 Å². The van der Waals surface area contributed by atoms with E-state index >= 15 is 0 Å².